The number of phenols is 1. The average molecular weight is 350 g/mol. The Bertz CT molecular complexity index is 969. The number of nitrogens with zero attached hydrogens (tertiary/aromatic N) is 5. The summed E-state index contributed by atoms with van der Waals surface area (Å²) in [7, 11) is 2.23. The number of rotatable bonds is 2. The first-order valence-electron chi connectivity index (χ1n) is 9.01. The van der Waals surface area contributed by atoms with Crippen molar-refractivity contribution in [2.45, 2.75) is 24.9 Å². The number of hydrogen-bond donors (Lipinski definition) is 2. The van der Waals surface area contributed by atoms with Crippen LogP contribution in [0, 0.1) is 0 Å². The van der Waals surface area contributed by atoms with Crippen LogP contribution in [0.2, 0.25) is 0 Å². The van der Waals surface area contributed by atoms with Gasteiger partial charge in [0.2, 0.25) is 5.78 Å². The van der Waals surface area contributed by atoms with E-state index >= 15 is 0 Å². The van der Waals surface area contributed by atoms with Crippen molar-refractivity contribution in [2.24, 2.45) is 0 Å². The first-order chi connectivity index (χ1) is 12.6. The van der Waals surface area contributed by atoms with Crippen LogP contribution in [0.15, 0.2) is 36.5 Å². The van der Waals surface area contributed by atoms with Crippen LogP contribution in [0.4, 0.5) is 11.6 Å². The average Bonchev–Trinajstić information content (AvgIpc) is 3.10. The molecular formula is C19H22N6O. The highest BCUT2D eigenvalue weighted by atomic mass is 16.3. The number of imidazole rings is 1. The van der Waals surface area contributed by atoms with E-state index in [9.17, 15) is 5.11 Å². The second kappa shape index (κ2) is 5.60. The summed E-state index contributed by atoms with van der Waals surface area (Å²) in [5.74, 6) is 2.26. The summed E-state index contributed by atoms with van der Waals surface area (Å²) < 4.78 is 1.99. The van der Waals surface area contributed by atoms with E-state index in [1.807, 2.05) is 28.8 Å². The van der Waals surface area contributed by atoms with Gasteiger partial charge >= 0.3 is 0 Å². The van der Waals surface area contributed by atoms with Gasteiger partial charge in [0, 0.05) is 43.0 Å². The number of nitrogens with two attached hydrogens (primary N) is 1. The predicted molar refractivity (Wildman–Crippen MR) is 101 cm³/mol. The molecular weight excluding hydrogens is 328 g/mol. The molecule has 0 aliphatic carbocycles. The second-order valence-corrected chi connectivity index (χ2v) is 7.31. The Balaban J connectivity index is 1.61. The van der Waals surface area contributed by atoms with E-state index in [2.05, 4.69) is 26.8 Å². The molecule has 2 bridgehead atoms. The van der Waals surface area contributed by atoms with Gasteiger partial charge < -0.3 is 15.7 Å². The van der Waals surface area contributed by atoms with Crippen LogP contribution in [-0.4, -0.2) is 56.6 Å². The van der Waals surface area contributed by atoms with Crippen molar-refractivity contribution in [3.8, 4) is 17.0 Å². The number of phenolic OH excluding ortho intramolecular Hbond substituents is 1. The molecule has 2 aliphatic heterocycles. The largest absolute Gasteiger partial charge is 0.507 e. The highest BCUT2D eigenvalue weighted by Gasteiger charge is 2.38. The molecule has 7 nitrogen and oxygen atoms in total. The maximum Gasteiger partial charge on any atom is 0.237 e. The monoisotopic (exact) mass is 350 g/mol. The van der Waals surface area contributed by atoms with Crippen molar-refractivity contribution in [1.82, 2.24) is 19.3 Å². The highest BCUT2D eigenvalue weighted by Crippen LogP contribution is 2.33. The van der Waals surface area contributed by atoms with Crippen LogP contribution < -0.4 is 10.6 Å². The van der Waals surface area contributed by atoms with Gasteiger partial charge in [-0.05, 0) is 32.0 Å². The van der Waals surface area contributed by atoms with Gasteiger partial charge in [-0.2, -0.15) is 4.98 Å². The van der Waals surface area contributed by atoms with E-state index in [-0.39, 0.29) is 5.75 Å². The minimum atomic E-state index is 0.211. The Morgan fingerprint density at radius 3 is 2.58 bits per heavy atom. The van der Waals surface area contributed by atoms with Gasteiger partial charge in [0.1, 0.15) is 17.4 Å². The number of fused-ring (bicyclic) bond motifs is 3. The van der Waals surface area contributed by atoms with Gasteiger partial charge in [0.05, 0.1) is 5.69 Å². The number of likely N-dealkylation sites (N-methyl/N-ethyl adjacent to an activating group) is 1. The van der Waals surface area contributed by atoms with Crippen LogP contribution >= 0.6 is 0 Å². The fourth-order valence-corrected chi connectivity index (χ4v) is 4.33. The van der Waals surface area contributed by atoms with Crippen molar-refractivity contribution >= 4 is 17.4 Å². The van der Waals surface area contributed by atoms with Crippen molar-refractivity contribution in [2.75, 3.05) is 30.8 Å². The maximum absolute atomic E-state index is 10.2. The van der Waals surface area contributed by atoms with Crippen molar-refractivity contribution in [1.29, 1.82) is 0 Å². The molecule has 0 spiro atoms. The summed E-state index contributed by atoms with van der Waals surface area (Å²) >= 11 is 0. The van der Waals surface area contributed by atoms with E-state index in [1.54, 1.807) is 12.1 Å². The van der Waals surface area contributed by atoms with Gasteiger partial charge in [0.15, 0.2) is 0 Å². The number of anilines is 2. The molecule has 5 rings (SSSR count). The number of nitrogen functional groups attached to an aromatic ring is 1. The molecule has 26 heavy (non-hydrogen) atoms. The molecule has 0 radical (unpaired) electrons. The maximum atomic E-state index is 10.2. The molecule has 0 saturated carbocycles. The van der Waals surface area contributed by atoms with Crippen LogP contribution in [0.3, 0.4) is 0 Å². The molecule has 134 valence electrons. The zero-order chi connectivity index (χ0) is 17.8. The van der Waals surface area contributed by atoms with Crippen LogP contribution in [-0.2, 0) is 0 Å². The van der Waals surface area contributed by atoms with Gasteiger partial charge in [0.25, 0.3) is 0 Å². The van der Waals surface area contributed by atoms with E-state index in [1.165, 1.54) is 12.8 Å². The third-order valence-electron chi connectivity index (χ3n) is 5.79. The molecule has 2 aliphatic rings. The SMILES string of the molecule is CN1C2CCC1CN(c1cc(N)nc3nc(-c4ccccc4O)cn13)C2. The number of hydrogen-bond acceptors (Lipinski definition) is 6. The molecule has 0 amide bonds. The highest BCUT2D eigenvalue weighted by molar-refractivity contribution is 5.69. The van der Waals surface area contributed by atoms with Gasteiger partial charge in [-0.25, -0.2) is 4.98 Å². The van der Waals surface area contributed by atoms with Crippen LogP contribution in [0.1, 0.15) is 12.8 Å². The summed E-state index contributed by atoms with van der Waals surface area (Å²) in [6, 6.07) is 10.3. The molecule has 2 atom stereocenters. The topological polar surface area (TPSA) is 82.9 Å². The lowest BCUT2D eigenvalue weighted by Gasteiger charge is -2.40. The summed E-state index contributed by atoms with van der Waals surface area (Å²) in [6.45, 7) is 1.96. The first kappa shape index (κ1) is 15.5. The molecule has 2 fully saturated rings. The van der Waals surface area contributed by atoms with Crippen molar-refractivity contribution in [3.63, 3.8) is 0 Å². The van der Waals surface area contributed by atoms with Crippen molar-refractivity contribution < 1.29 is 5.11 Å². The zero-order valence-electron chi connectivity index (χ0n) is 14.7. The third-order valence-corrected chi connectivity index (χ3v) is 5.79. The number of benzene rings is 1. The molecule has 3 aromatic rings. The van der Waals surface area contributed by atoms with E-state index in [0.29, 0.717) is 34.9 Å². The van der Waals surface area contributed by atoms with Crippen molar-refractivity contribution in [3.05, 3.63) is 36.5 Å². The summed E-state index contributed by atoms with van der Waals surface area (Å²) in [6.07, 6.45) is 4.43. The summed E-state index contributed by atoms with van der Waals surface area (Å²) in [4.78, 5) is 13.9. The first-order valence-corrected chi connectivity index (χ1v) is 9.01. The standard InChI is InChI=1S/C19H22N6O/c1-23-12-6-7-13(23)10-24(9-12)18-8-17(20)22-19-21-15(11-25(18)19)14-4-2-3-5-16(14)26/h2-5,8,11-13,26H,6-7,9-10H2,1H3,(H2,20,21,22). The predicted octanol–water partition coefficient (Wildman–Crippen LogP) is 1.97. The smallest absolute Gasteiger partial charge is 0.237 e. The molecule has 1 aromatic carbocycles. The zero-order valence-corrected chi connectivity index (χ0v) is 14.7. The molecule has 3 N–H and O–H groups in total. The lowest BCUT2D eigenvalue weighted by molar-refractivity contribution is 0.211. The lowest BCUT2D eigenvalue weighted by Crippen LogP contribution is -2.52. The van der Waals surface area contributed by atoms with Gasteiger partial charge in [-0.15, -0.1) is 0 Å². The molecule has 2 unspecified atom stereocenters. The fraction of sp³-hybridized carbons (Fsp3) is 0.368. The van der Waals surface area contributed by atoms with E-state index in [4.69, 9.17) is 5.73 Å². The number of aromatic hydroxyl groups is 1. The van der Waals surface area contributed by atoms with Gasteiger partial charge in [-0.1, -0.05) is 12.1 Å². The van der Waals surface area contributed by atoms with E-state index in [0.717, 1.165) is 18.9 Å². The molecule has 2 aromatic heterocycles. The Morgan fingerprint density at radius 1 is 1.12 bits per heavy atom. The third kappa shape index (κ3) is 2.31. The van der Waals surface area contributed by atoms with Gasteiger partial charge in [-0.3, -0.25) is 9.30 Å². The Labute approximate surface area is 151 Å². The normalized spacial score (nSPS) is 23.0. The Morgan fingerprint density at radius 2 is 1.85 bits per heavy atom. The second-order valence-electron chi connectivity index (χ2n) is 7.31. The molecule has 2 saturated heterocycles. The Hall–Kier alpha value is -2.80. The number of aromatic nitrogens is 3. The lowest BCUT2D eigenvalue weighted by atomic mass is 10.1. The number of piperazine rings is 1. The van der Waals surface area contributed by atoms with Crippen LogP contribution in [0.25, 0.3) is 17.0 Å². The van der Waals surface area contributed by atoms with Crippen LogP contribution in [0.5, 0.6) is 5.75 Å². The molecule has 7 heteroatoms. The quantitative estimate of drug-likeness (QED) is 0.735. The minimum absolute atomic E-state index is 0.211. The Kier molecular flexibility index (Phi) is 3.33. The number of para-hydroxylation sites is 1. The summed E-state index contributed by atoms with van der Waals surface area (Å²) in [5.41, 5.74) is 7.46. The summed E-state index contributed by atoms with van der Waals surface area (Å²) in [5, 5.41) is 10.2. The minimum Gasteiger partial charge on any atom is -0.507 e. The van der Waals surface area contributed by atoms with E-state index < -0.39 is 0 Å². The fourth-order valence-electron chi connectivity index (χ4n) is 4.33. The molecule has 4 heterocycles.